The van der Waals surface area contributed by atoms with Crippen molar-refractivity contribution < 1.29 is 9.84 Å². The van der Waals surface area contributed by atoms with E-state index in [1.165, 1.54) is 31.4 Å². The van der Waals surface area contributed by atoms with E-state index in [1.807, 2.05) is 11.8 Å². The third-order valence-corrected chi connectivity index (χ3v) is 10.3. The molecule has 1 aliphatic carbocycles. The van der Waals surface area contributed by atoms with Crippen LogP contribution in [0.3, 0.4) is 0 Å². The number of aliphatic imine (C=N–C) groups is 1. The van der Waals surface area contributed by atoms with Crippen LogP contribution in [0.5, 0.6) is 0 Å². The van der Waals surface area contributed by atoms with Gasteiger partial charge in [0.1, 0.15) is 18.6 Å². The zero-order chi connectivity index (χ0) is 23.1. The summed E-state index contributed by atoms with van der Waals surface area (Å²) in [7, 11) is 0. The largest absolute Gasteiger partial charge is 0.374 e. The van der Waals surface area contributed by atoms with Gasteiger partial charge in [0, 0.05) is 54.9 Å². The van der Waals surface area contributed by atoms with Gasteiger partial charge < -0.3 is 14.7 Å². The molecular formula is C26H32N6O2S. The normalized spacial score (nSPS) is 39.6. The first kappa shape index (κ1) is 21.3. The lowest BCUT2D eigenvalue weighted by molar-refractivity contribution is 0.170. The Morgan fingerprint density at radius 2 is 2.14 bits per heavy atom. The van der Waals surface area contributed by atoms with Crippen molar-refractivity contribution >= 4 is 35.6 Å². The number of nitrogens with one attached hydrogen (secondary N) is 1. The first-order valence-electron chi connectivity index (χ1n) is 13.3. The Morgan fingerprint density at radius 3 is 3.11 bits per heavy atom. The zero-order valence-corrected chi connectivity index (χ0v) is 20.7. The third kappa shape index (κ3) is 3.39. The van der Waals surface area contributed by atoms with Crippen LogP contribution in [-0.4, -0.2) is 88.1 Å². The van der Waals surface area contributed by atoms with Crippen LogP contribution in [0.1, 0.15) is 42.6 Å². The van der Waals surface area contributed by atoms with Gasteiger partial charge >= 0.3 is 0 Å². The highest BCUT2D eigenvalue weighted by atomic mass is 32.2. The second-order valence-electron chi connectivity index (χ2n) is 10.9. The number of hydrogen-bond donors (Lipinski definition) is 2. The Hall–Kier alpha value is -1.78. The Labute approximate surface area is 209 Å². The van der Waals surface area contributed by atoms with Gasteiger partial charge in [-0.3, -0.25) is 15.2 Å². The molecule has 2 N–H and O–H groups in total. The number of rotatable bonds is 3. The minimum absolute atomic E-state index is 0.00410. The molecule has 7 heterocycles. The molecule has 184 valence electrons. The Kier molecular flexibility index (Phi) is 4.94. The second-order valence-corrected chi connectivity index (χ2v) is 12.1. The third-order valence-electron chi connectivity index (χ3n) is 9.01. The molecular weight excluding hydrogens is 460 g/mol. The second kappa shape index (κ2) is 8.11. The van der Waals surface area contributed by atoms with Crippen molar-refractivity contribution in [3.8, 4) is 0 Å². The van der Waals surface area contributed by atoms with Crippen molar-refractivity contribution in [1.82, 2.24) is 20.2 Å². The van der Waals surface area contributed by atoms with E-state index in [1.54, 1.807) is 0 Å². The maximum atomic E-state index is 11.4. The highest BCUT2D eigenvalue weighted by molar-refractivity contribution is 8.00. The number of hydrogen-bond acceptors (Lipinski definition) is 9. The van der Waals surface area contributed by atoms with Gasteiger partial charge in [0.05, 0.1) is 16.8 Å². The molecule has 7 unspecified atom stereocenters. The molecule has 0 aromatic carbocycles. The van der Waals surface area contributed by atoms with E-state index in [0.717, 1.165) is 66.7 Å². The van der Waals surface area contributed by atoms with Crippen LogP contribution in [0, 0.1) is 11.8 Å². The quantitative estimate of drug-likeness (QED) is 0.619. The van der Waals surface area contributed by atoms with E-state index in [-0.39, 0.29) is 18.2 Å². The first-order valence-corrected chi connectivity index (χ1v) is 14.3. The fraction of sp³-hybridized carbons (Fsp3) is 0.654. The Balaban J connectivity index is 1.26. The van der Waals surface area contributed by atoms with E-state index in [9.17, 15) is 5.11 Å². The van der Waals surface area contributed by atoms with Gasteiger partial charge in [0.15, 0.2) is 0 Å². The van der Waals surface area contributed by atoms with E-state index in [0.29, 0.717) is 17.3 Å². The van der Waals surface area contributed by atoms with Crippen LogP contribution in [0.4, 0.5) is 5.95 Å². The summed E-state index contributed by atoms with van der Waals surface area (Å²) in [5.41, 5.74) is 5.23. The summed E-state index contributed by atoms with van der Waals surface area (Å²) in [6, 6.07) is 0.603. The van der Waals surface area contributed by atoms with Gasteiger partial charge in [0.2, 0.25) is 5.95 Å². The number of anilines is 1. The number of thioether (sulfide) groups is 1. The maximum absolute atomic E-state index is 11.4. The molecule has 0 radical (unpaired) electrons. The van der Waals surface area contributed by atoms with Crippen LogP contribution < -0.4 is 10.2 Å². The van der Waals surface area contributed by atoms with Crippen molar-refractivity contribution in [2.24, 2.45) is 16.8 Å². The van der Waals surface area contributed by atoms with Gasteiger partial charge in [-0.2, -0.15) is 0 Å². The molecule has 4 fully saturated rings. The molecule has 9 heteroatoms. The van der Waals surface area contributed by atoms with Crippen LogP contribution >= 0.6 is 11.8 Å². The van der Waals surface area contributed by atoms with E-state index < -0.39 is 6.23 Å². The summed E-state index contributed by atoms with van der Waals surface area (Å²) < 4.78 is 6.04. The van der Waals surface area contributed by atoms with Crippen LogP contribution in [-0.2, 0) is 11.2 Å². The molecule has 7 atom stereocenters. The molecule has 8 rings (SSSR count). The summed E-state index contributed by atoms with van der Waals surface area (Å²) >= 11 is 1.96. The Morgan fingerprint density at radius 1 is 1.17 bits per heavy atom. The summed E-state index contributed by atoms with van der Waals surface area (Å²) in [5, 5.41) is 15.0. The summed E-state index contributed by atoms with van der Waals surface area (Å²) in [6.07, 6.45) is 11.2. The number of nitrogens with zero attached hydrogens (tertiary/aromatic N) is 5. The van der Waals surface area contributed by atoms with Gasteiger partial charge in [-0.05, 0) is 56.1 Å². The van der Waals surface area contributed by atoms with Crippen molar-refractivity contribution in [3.63, 3.8) is 0 Å². The number of ether oxygens (including phenoxy) is 1. The smallest absolute Gasteiger partial charge is 0.226 e. The lowest BCUT2D eigenvalue weighted by Crippen LogP contribution is -2.50. The molecule has 0 spiro atoms. The number of fused-ring (bicyclic) bond motifs is 4. The van der Waals surface area contributed by atoms with Gasteiger partial charge in [0.25, 0.3) is 0 Å². The number of aliphatic hydroxyl groups excluding tert-OH is 1. The van der Waals surface area contributed by atoms with Crippen molar-refractivity contribution in [3.05, 3.63) is 28.6 Å². The summed E-state index contributed by atoms with van der Waals surface area (Å²) in [6.45, 7) is 4.23. The average molecular weight is 493 g/mol. The number of epoxide rings is 1. The van der Waals surface area contributed by atoms with Gasteiger partial charge in [-0.1, -0.05) is 6.08 Å². The molecule has 35 heavy (non-hydrogen) atoms. The fourth-order valence-corrected chi connectivity index (χ4v) is 8.55. The van der Waals surface area contributed by atoms with Gasteiger partial charge in [-0.25, -0.2) is 9.97 Å². The molecule has 0 bridgehead atoms. The summed E-state index contributed by atoms with van der Waals surface area (Å²) in [4.78, 5) is 20.2. The van der Waals surface area contributed by atoms with Crippen LogP contribution in [0.15, 0.2) is 16.6 Å². The topological polar surface area (TPSA) is 89.4 Å². The fourth-order valence-electron chi connectivity index (χ4n) is 7.19. The Bertz CT molecular complexity index is 1150. The van der Waals surface area contributed by atoms with Gasteiger partial charge in [-0.15, -0.1) is 11.8 Å². The monoisotopic (exact) mass is 492 g/mol. The van der Waals surface area contributed by atoms with Crippen molar-refractivity contribution in [2.45, 2.75) is 62.1 Å². The minimum atomic E-state index is -0.792. The first-order chi connectivity index (χ1) is 17.2. The predicted octanol–water partition coefficient (Wildman–Crippen LogP) is 1.90. The minimum Gasteiger partial charge on any atom is -0.374 e. The zero-order valence-electron chi connectivity index (χ0n) is 19.8. The van der Waals surface area contributed by atoms with Crippen LogP contribution in [0.25, 0.3) is 11.6 Å². The molecule has 8 nitrogen and oxygen atoms in total. The number of aromatic nitrogens is 2. The van der Waals surface area contributed by atoms with Crippen molar-refractivity contribution in [1.29, 1.82) is 0 Å². The molecule has 1 aromatic rings. The highest BCUT2D eigenvalue weighted by Gasteiger charge is 2.54. The number of allylic oxidation sites excluding steroid dienone is 1. The molecule has 4 saturated heterocycles. The van der Waals surface area contributed by atoms with Crippen LogP contribution in [0.2, 0.25) is 0 Å². The molecule has 0 amide bonds. The molecule has 1 aromatic heterocycles. The number of aliphatic hydroxyl groups is 1. The maximum Gasteiger partial charge on any atom is 0.226 e. The van der Waals surface area contributed by atoms with E-state index in [4.69, 9.17) is 19.7 Å². The van der Waals surface area contributed by atoms with E-state index >= 15 is 0 Å². The van der Waals surface area contributed by atoms with E-state index in [2.05, 4.69) is 33.5 Å². The number of piperazine rings is 1. The molecule has 6 aliphatic heterocycles. The standard InChI is InChI=1S/C26H32N6O2S/c33-23-20(19(22-24(30-23)34-22)17-12-27-25-15(17)7-11-35-25)21-16-5-1-2-6-18(16)28-26(29-21)32-10-9-31-8-3-4-14(31)13-32/h2,6,12,14-15,17,22-25,30,33H,1,3-5,7-11,13H2. The molecule has 7 aliphatic rings. The lowest BCUT2D eigenvalue weighted by Gasteiger charge is -2.38. The predicted molar refractivity (Wildman–Crippen MR) is 137 cm³/mol. The SMILES string of the molecule is OC1NC2OC2C(C2C=NC3SCCC32)=C1c1nc(N2CCN3CCCC3C2)nc2c1CCC=C2. The van der Waals surface area contributed by atoms with Crippen molar-refractivity contribution in [2.75, 3.05) is 36.8 Å². The summed E-state index contributed by atoms with van der Waals surface area (Å²) in [5.74, 6) is 2.68. The lowest BCUT2D eigenvalue weighted by atomic mass is 9.79. The highest BCUT2D eigenvalue weighted by Crippen LogP contribution is 2.51. The average Bonchev–Trinajstić information content (AvgIpc) is 3.21. The molecule has 0 saturated carbocycles.